The first-order valence-electron chi connectivity index (χ1n) is 10.8. The van der Waals surface area contributed by atoms with Crippen LogP contribution in [-0.4, -0.2) is 52.3 Å². The summed E-state index contributed by atoms with van der Waals surface area (Å²) in [5.41, 5.74) is 2.31. The van der Waals surface area contributed by atoms with Gasteiger partial charge in [0.2, 0.25) is 0 Å². The second-order valence-electron chi connectivity index (χ2n) is 9.16. The SMILES string of the molecule is C[C@@H]1Cc2c([nH]c3ccccc23)[C@@H](c2ncc(O[C@H]3CCNC3)s2)N1CC(C)(C)F. The molecule has 2 aliphatic rings. The number of hydrogen-bond acceptors (Lipinski definition) is 5. The first-order valence-corrected chi connectivity index (χ1v) is 11.6. The Labute approximate surface area is 180 Å². The molecule has 5 rings (SSSR count). The van der Waals surface area contributed by atoms with E-state index in [0.29, 0.717) is 6.54 Å². The monoisotopic (exact) mass is 428 g/mol. The first kappa shape index (κ1) is 20.0. The second kappa shape index (κ2) is 7.62. The molecule has 1 fully saturated rings. The van der Waals surface area contributed by atoms with Crippen molar-refractivity contribution in [3.8, 4) is 5.06 Å². The maximum absolute atomic E-state index is 14.8. The molecule has 3 aromatic rings. The summed E-state index contributed by atoms with van der Waals surface area (Å²) in [6.45, 7) is 7.73. The highest BCUT2D eigenvalue weighted by molar-refractivity contribution is 7.13. The van der Waals surface area contributed by atoms with Gasteiger partial charge in [0.1, 0.15) is 22.8 Å². The molecule has 160 valence electrons. The van der Waals surface area contributed by atoms with E-state index < -0.39 is 5.67 Å². The zero-order chi connectivity index (χ0) is 20.9. The van der Waals surface area contributed by atoms with Gasteiger partial charge in [0.15, 0.2) is 5.06 Å². The maximum atomic E-state index is 14.8. The number of hydrogen-bond donors (Lipinski definition) is 2. The number of para-hydroxylation sites is 1. The molecule has 2 aromatic heterocycles. The molecule has 1 saturated heterocycles. The Kier molecular flexibility index (Phi) is 5.08. The van der Waals surface area contributed by atoms with Crippen LogP contribution in [0.3, 0.4) is 0 Å². The number of nitrogens with one attached hydrogen (secondary N) is 2. The molecule has 0 unspecified atom stereocenters. The molecule has 2 N–H and O–H groups in total. The number of alkyl halides is 1. The standard InChI is InChI=1S/C23H29FN4OS/c1-14-10-17-16-6-4-5-7-18(16)27-20(17)21(28(14)13-23(2,3)24)22-26-12-19(30-22)29-15-8-9-25-11-15/h4-7,12,14-15,21,25,27H,8-11,13H2,1-3H3/t14-,15+,21+/m1/s1. The Balaban J connectivity index is 1.56. The Morgan fingerprint density at radius 2 is 2.17 bits per heavy atom. The van der Waals surface area contributed by atoms with Crippen LogP contribution in [0.5, 0.6) is 5.06 Å². The number of fused-ring (bicyclic) bond motifs is 3. The zero-order valence-electron chi connectivity index (χ0n) is 17.7. The summed E-state index contributed by atoms with van der Waals surface area (Å²) in [7, 11) is 0. The number of aromatic nitrogens is 2. The van der Waals surface area contributed by atoms with E-state index in [1.54, 1.807) is 25.2 Å². The van der Waals surface area contributed by atoms with Crippen LogP contribution in [0.1, 0.15) is 49.5 Å². The molecule has 0 spiro atoms. The Hall–Kier alpha value is -1.96. The van der Waals surface area contributed by atoms with Crippen LogP contribution in [0.2, 0.25) is 0 Å². The van der Waals surface area contributed by atoms with Crippen LogP contribution in [0.15, 0.2) is 30.5 Å². The molecule has 0 amide bonds. The average Bonchev–Trinajstić information content (AvgIpc) is 3.42. The highest BCUT2D eigenvalue weighted by atomic mass is 32.1. The highest BCUT2D eigenvalue weighted by Crippen LogP contribution is 2.43. The van der Waals surface area contributed by atoms with Gasteiger partial charge in [-0.2, -0.15) is 0 Å². The maximum Gasteiger partial charge on any atom is 0.194 e. The number of H-pyrrole nitrogens is 1. The normalized spacial score (nSPS) is 25.0. The third kappa shape index (κ3) is 3.74. The van der Waals surface area contributed by atoms with E-state index in [0.717, 1.165) is 47.2 Å². The number of rotatable bonds is 5. The Morgan fingerprint density at radius 1 is 1.33 bits per heavy atom. The summed E-state index contributed by atoms with van der Waals surface area (Å²) in [5.74, 6) is 0. The van der Waals surface area contributed by atoms with Crippen LogP contribution in [0, 0.1) is 0 Å². The van der Waals surface area contributed by atoms with Gasteiger partial charge in [-0.05, 0) is 51.8 Å². The number of benzene rings is 1. The van der Waals surface area contributed by atoms with Crippen molar-refractivity contribution in [2.75, 3.05) is 19.6 Å². The van der Waals surface area contributed by atoms with Crippen molar-refractivity contribution in [1.29, 1.82) is 0 Å². The minimum Gasteiger partial charge on any atom is -0.478 e. The highest BCUT2D eigenvalue weighted by Gasteiger charge is 2.40. The van der Waals surface area contributed by atoms with E-state index in [-0.39, 0.29) is 18.2 Å². The molecule has 7 heteroatoms. The molecule has 2 aliphatic heterocycles. The fourth-order valence-electron chi connectivity index (χ4n) is 4.80. The van der Waals surface area contributed by atoms with E-state index in [9.17, 15) is 4.39 Å². The molecule has 0 saturated carbocycles. The fraction of sp³-hybridized carbons (Fsp3) is 0.522. The van der Waals surface area contributed by atoms with Gasteiger partial charge >= 0.3 is 0 Å². The van der Waals surface area contributed by atoms with Crippen molar-refractivity contribution < 1.29 is 9.13 Å². The predicted octanol–water partition coefficient (Wildman–Crippen LogP) is 4.45. The van der Waals surface area contributed by atoms with Gasteiger partial charge in [-0.25, -0.2) is 9.37 Å². The van der Waals surface area contributed by atoms with Gasteiger partial charge in [0, 0.05) is 35.7 Å². The van der Waals surface area contributed by atoms with Crippen LogP contribution in [0.25, 0.3) is 10.9 Å². The first-order chi connectivity index (χ1) is 14.4. The lowest BCUT2D eigenvalue weighted by atomic mass is 9.91. The van der Waals surface area contributed by atoms with Crippen molar-refractivity contribution >= 4 is 22.2 Å². The van der Waals surface area contributed by atoms with Gasteiger partial charge in [-0.3, -0.25) is 4.90 Å². The van der Waals surface area contributed by atoms with Crippen molar-refractivity contribution in [3.05, 3.63) is 46.7 Å². The summed E-state index contributed by atoms with van der Waals surface area (Å²) in [5, 5.41) is 6.39. The third-order valence-corrected chi connectivity index (χ3v) is 7.05. The van der Waals surface area contributed by atoms with Crippen LogP contribution in [0.4, 0.5) is 4.39 Å². The molecular weight excluding hydrogens is 399 g/mol. The fourth-order valence-corrected chi connectivity index (χ4v) is 5.77. The largest absolute Gasteiger partial charge is 0.478 e. The van der Waals surface area contributed by atoms with E-state index >= 15 is 0 Å². The molecule has 4 heterocycles. The van der Waals surface area contributed by atoms with E-state index in [1.807, 2.05) is 6.20 Å². The second-order valence-corrected chi connectivity index (χ2v) is 10.2. The van der Waals surface area contributed by atoms with Gasteiger partial charge in [-0.15, -0.1) is 0 Å². The van der Waals surface area contributed by atoms with Crippen LogP contribution < -0.4 is 10.1 Å². The van der Waals surface area contributed by atoms with Crippen molar-refractivity contribution in [1.82, 2.24) is 20.2 Å². The minimum absolute atomic E-state index is 0.102. The number of nitrogens with zero attached hydrogens (tertiary/aromatic N) is 2. The molecule has 5 nitrogen and oxygen atoms in total. The minimum atomic E-state index is -1.29. The van der Waals surface area contributed by atoms with Crippen LogP contribution in [-0.2, 0) is 6.42 Å². The molecule has 0 radical (unpaired) electrons. The number of halogens is 1. The number of aromatic amines is 1. The Morgan fingerprint density at radius 3 is 2.93 bits per heavy atom. The molecule has 0 bridgehead atoms. The smallest absolute Gasteiger partial charge is 0.194 e. The van der Waals surface area contributed by atoms with E-state index in [1.165, 1.54) is 10.9 Å². The molecule has 30 heavy (non-hydrogen) atoms. The topological polar surface area (TPSA) is 53.2 Å². The van der Waals surface area contributed by atoms with Crippen molar-refractivity contribution in [2.45, 2.75) is 57.5 Å². The van der Waals surface area contributed by atoms with Crippen molar-refractivity contribution in [2.24, 2.45) is 0 Å². The van der Waals surface area contributed by atoms with E-state index in [2.05, 4.69) is 46.4 Å². The molecule has 1 aromatic carbocycles. The summed E-state index contributed by atoms with van der Waals surface area (Å²) in [4.78, 5) is 10.7. The van der Waals surface area contributed by atoms with Crippen molar-refractivity contribution in [3.63, 3.8) is 0 Å². The van der Waals surface area contributed by atoms with Crippen LogP contribution >= 0.6 is 11.3 Å². The summed E-state index contributed by atoms with van der Waals surface area (Å²) < 4.78 is 20.9. The summed E-state index contributed by atoms with van der Waals surface area (Å²) >= 11 is 1.59. The van der Waals surface area contributed by atoms with Gasteiger partial charge in [0.25, 0.3) is 0 Å². The zero-order valence-corrected chi connectivity index (χ0v) is 18.6. The Bertz CT molecular complexity index is 1030. The van der Waals surface area contributed by atoms with Gasteiger partial charge in [-0.1, -0.05) is 29.5 Å². The number of thiazole rings is 1. The molecular formula is C23H29FN4OS. The summed E-state index contributed by atoms with van der Waals surface area (Å²) in [6, 6.07) is 8.53. The predicted molar refractivity (Wildman–Crippen MR) is 119 cm³/mol. The number of ether oxygens (including phenoxy) is 1. The van der Waals surface area contributed by atoms with Gasteiger partial charge < -0.3 is 15.0 Å². The molecule has 0 aliphatic carbocycles. The quantitative estimate of drug-likeness (QED) is 0.630. The van der Waals surface area contributed by atoms with E-state index in [4.69, 9.17) is 9.72 Å². The average molecular weight is 429 g/mol. The van der Waals surface area contributed by atoms with Gasteiger partial charge in [0.05, 0.1) is 6.20 Å². The summed E-state index contributed by atoms with van der Waals surface area (Å²) in [6.07, 6.45) is 3.95. The lowest BCUT2D eigenvalue weighted by Crippen LogP contribution is -2.47. The third-order valence-electron chi connectivity index (χ3n) is 6.11. The lowest BCUT2D eigenvalue weighted by molar-refractivity contribution is 0.0667. The lowest BCUT2D eigenvalue weighted by Gasteiger charge is -2.41. The molecule has 3 atom stereocenters.